The quantitative estimate of drug-likeness (QED) is 0.608. The maximum atomic E-state index is 12.7. The van der Waals surface area contributed by atoms with Crippen LogP contribution in [-0.2, 0) is 17.7 Å². The topological polar surface area (TPSA) is 79.3 Å². The summed E-state index contributed by atoms with van der Waals surface area (Å²) in [6, 6.07) is 11.2. The molecule has 1 N–H and O–H groups in total. The molecule has 3 aliphatic heterocycles. The summed E-state index contributed by atoms with van der Waals surface area (Å²) in [5.41, 5.74) is 4.36. The van der Waals surface area contributed by atoms with E-state index in [-0.39, 0.29) is 17.3 Å². The number of fused-ring (bicyclic) bond motifs is 1. The fourth-order valence-corrected chi connectivity index (χ4v) is 5.86. The van der Waals surface area contributed by atoms with Gasteiger partial charge in [-0.15, -0.1) is 0 Å². The molecular weight excluding hydrogens is 456 g/mol. The first-order valence-electron chi connectivity index (χ1n) is 13.1. The summed E-state index contributed by atoms with van der Waals surface area (Å²) in [5, 5.41) is 9.14. The zero-order valence-electron chi connectivity index (χ0n) is 21.1. The standard InChI is InChI=1S/C29H34N2O5/c1-28(2)10-9-21-15-22(19-3-4-19)16-23(25(21)35-28)17-30-13-11-29(12-14-30)18-31(27(34)36-29)24-7-5-20(6-8-24)26(32)33/h5-8,15-16,19H,3-4,9-14,17-18H2,1-2H3,(H,32,33). The number of hydrogen-bond donors (Lipinski definition) is 1. The second-order valence-electron chi connectivity index (χ2n) is 11.6. The summed E-state index contributed by atoms with van der Waals surface area (Å²) in [7, 11) is 0. The van der Waals surface area contributed by atoms with Crippen LogP contribution in [0.25, 0.3) is 0 Å². The monoisotopic (exact) mass is 490 g/mol. The highest BCUT2D eigenvalue weighted by atomic mass is 16.6. The molecule has 3 heterocycles. The van der Waals surface area contributed by atoms with Gasteiger partial charge < -0.3 is 14.6 Å². The molecule has 0 aromatic heterocycles. The average Bonchev–Trinajstić information content (AvgIpc) is 3.65. The Morgan fingerprint density at radius 3 is 2.44 bits per heavy atom. The zero-order valence-corrected chi connectivity index (χ0v) is 21.1. The number of carboxylic acid groups (broad SMARTS) is 1. The molecule has 0 radical (unpaired) electrons. The lowest BCUT2D eigenvalue weighted by atomic mass is 9.89. The second kappa shape index (κ2) is 8.51. The summed E-state index contributed by atoms with van der Waals surface area (Å²) in [5.74, 6) is 0.813. The Labute approximate surface area is 212 Å². The number of rotatable bonds is 5. The van der Waals surface area contributed by atoms with Gasteiger partial charge in [-0.3, -0.25) is 9.80 Å². The van der Waals surface area contributed by atoms with Crippen LogP contribution in [0.15, 0.2) is 36.4 Å². The van der Waals surface area contributed by atoms with E-state index in [0.29, 0.717) is 18.2 Å². The van der Waals surface area contributed by atoms with Crippen LogP contribution in [0, 0.1) is 0 Å². The van der Waals surface area contributed by atoms with Crippen LogP contribution < -0.4 is 9.64 Å². The van der Waals surface area contributed by atoms with Crippen LogP contribution in [0.3, 0.4) is 0 Å². The van der Waals surface area contributed by atoms with E-state index in [2.05, 4.69) is 30.9 Å². The Morgan fingerprint density at radius 1 is 1.06 bits per heavy atom. The first-order chi connectivity index (χ1) is 17.2. The predicted molar refractivity (Wildman–Crippen MR) is 136 cm³/mol. The number of benzene rings is 2. The fourth-order valence-electron chi connectivity index (χ4n) is 5.86. The van der Waals surface area contributed by atoms with E-state index in [1.54, 1.807) is 17.0 Å². The Balaban J connectivity index is 1.15. The van der Waals surface area contributed by atoms with Gasteiger partial charge in [0.05, 0.1) is 12.1 Å². The lowest BCUT2D eigenvalue weighted by Gasteiger charge is -2.39. The minimum Gasteiger partial charge on any atom is -0.487 e. The Kier molecular flexibility index (Phi) is 5.52. The van der Waals surface area contributed by atoms with Crippen molar-refractivity contribution in [3.63, 3.8) is 0 Å². The summed E-state index contributed by atoms with van der Waals surface area (Å²) in [4.78, 5) is 28.0. The number of anilines is 1. The molecule has 36 heavy (non-hydrogen) atoms. The predicted octanol–water partition coefficient (Wildman–Crippen LogP) is 5.36. The van der Waals surface area contributed by atoms with Crippen molar-refractivity contribution in [1.82, 2.24) is 4.90 Å². The highest BCUT2D eigenvalue weighted by molar-refractivity contribution is 5.92. The summed E-state index contributed by atoms with van der Waals surface area (Å²) < 4.78 is 12.4. The van der Waals surface area contributed by atoms with Crippen molar-refractivity contribution < 1.29 is 24.2 Å². The SMILES string of the molecule is CC1(C)CCc2cc(C3CC3)cc(CN3CCC4(CC3)CN(c3ccc(C(=O)O)cc3)C(=O)O4)c2O1. The largest absolute Gasteiger partial charge is 0.487 e. The third-order valence-electron chi connectivity index (χ3n) is 8.25. The van der Waals surface area contributed by atoms with Gasteiger partial charge >= 0.3 is 12.1 Å². The highest BCUT2D eigenvalue weighted by Crippen LogP contribution is 2.45. The molecule has 7 nitrogen and oxygen atoms in total. The molecule has 0 atom stereocenters. The van der Waals surface area contributed by atoms with Crippen LogP contribution in [0.5, 0.6) is 5.75 Å². The number of hydrogen-bond acceptors (Lipinski definition) is 5. The number of piperidine rings is 1. The van der Waals surface area contributed by atoms with Crippen molar-refractivity contribution in [2.75, 3.05) is 24.5 Å². The Bertz CT molecular complexity index is 1190. The number of nitrogens with zero attached hydrogens (tertiary/aromatic N) is 2. The molecule has 1 saturated carbocycles. The van der Waals surface area contributed by atoms with Gasteiger partial charge in [0.1, 0.15) is 17.0 Å². The highest BCUT2D eigenvalue weighted by Gasteiger charge is 2.47. The molecule has 2 saturated heterocycles. The maximum absolute atomic E-state index is 12.7. The minimum absolute atomic E-state index is 0.140. The molecule has 2 aromatic carbocycles. The van der Waals surface area contributed by atoms with Gasteiger partial charge in [0.2, 0.25) is 0 Å². The number of aryl methyl sites for hydroxylation is 1. The van der Waals surface area contributed by atoms with Crippen molar-refractivity contribution in [2.45, 2.75) is 76.0 Å². The normalized spacial score (nSPS) is 22.7. The zero-order chi connectivity index (χ0) is 25.1. The van der Waals surface area contributed by atoms with Crippen molar-refractivity contribution in [1.29, 1.82) is 0 Å². The maximum Gasteiger partial charge on any atom is 0.415 e. The molecule has 0 bridgehead atoms. The third kappa shape index (κ3) is 4.45. The van der Waals surface area contributed by atoms with Gasteiger partial charge in [0.25, 0.3) is 0 Å². The van der Waals surface area contributed by atoms with E-state index < -0.39 is 11.6 Å². The van der Waals surface area contributed by atoms with E-state index >= 15 is 0 Å². The van der Waals surface area contributed by atoms with Gasteiger partial charge in [0.15, 0.2) is 0 Å². The number of carbonyl (C=O) groups is 2. The molecule has 7 heteroatoms. The molecule has 3 fully saturated rings. The van der Waals surface area contributed by atoms with Gasteiger partial charge in [0, 0.05) is 43.7 Å². The molecule has 2 aromatic rings. The number of likely N-dealkylation sites (tertiary alicyclic amines) is 1. The van der Waals surface area contributed by atoms with Crippen LogP contribution in [0.1, 0.15) is 78.9 Å². The molecule has 1 aliphatic carbocycles. The van der Waals surface area contributed by atoms with Crippen molar-refractivity contribution in [2.24, 2.45) is 0 Å². The number of carbonyl (C=O) groups excluding carboxylic acids is 1. The van der Waals surface area contributed by atoms with Crippen LogP contribution in [0.4, 0.5) is 10.5 Å². The van der Waals surface area contributed by atoms with E-state index in [1.165, 1.54) is 41.7 Å². The van der Waals surface area contributed by atoms with Crippen LogP contribution >= 0.6 is 0 Å². The van der Waals surface area contributed by atoms with Crippen LogP contribution in [0.2, 0.25) is 0 Å². The number of carboxylic acids is 1. The smallest absolute Gasteiger partial charge is 0.415 e. The van der Waals surface area contributed by atoms with Crippen molar-refractivity contribution in [3.05, 3.63) is 58.7 Å². The van der Waals surface area contributed by atoms with Gasteiger partial charge in [-0.25, -0.2) is 9.59 Å². The first kappa shape index (κ1) is 23.3. The summed E-state index contributed by atoms with van der Waals surface area (Å²) >= 11 is 0. The van der Waals surface area contributed by atoms with Gasteiger partial charge in [-0.05, 0) is 80.8 Å². The molecule has 0 unspecified atom stereocenters. The molecule has 4 aliphatic rings. The lowest BCUT2D eigenvalue weighted by molar-refractivity contribution is -0.00148. The lowest BCUT2D eigenvalue weighted by Crippen LogP contribution is -2.46. The van der Waals surface area contributed by atoms with Crippen molar-refractivity contribution >= 4 is 17.7 Å². The molecular formula is C29H34N2O5. The Hall–Kier alpha value is -3.06. The van der Waals surface area contributed by atoms with Crippen LogP contribution in [-0.4, -0.2) is 52.9 Å². The molecule has 1 spiro atoms. The number of ether oxygens (including phenoxy) is 2. The summed E-state index contributed by atoms with van der Waals surface area (Å²) in [6.45, 7) is 7.40. The first-order valence-corrected chi connectivity index (χ1v) is 13.1. The van der Waals surface area contributed by atoms with E-state index in [4.69, 9.17) is 14.6 Å². The number of amides is 1. The van der Waals surface area contributed by atoms with Gasteiger partial charge in [-0.2, -0.15) is 0 Å². The summed E-state index contributed by atoms with van der Waals surface area (Å²) in [6.07, 6.45) is 5.89. The molecule has 190 valence electrons. The third-order valence-corrected chi connectivity index (χ3v) is 8.25. The molecule has 6 rings (SSSR count). The van der Waals surface area contributed by atoms with E-state index in [1.807, 2.05) is 0 Å². The minimum atomic E-state index is -0.979. The van der Waals surface area contributed by atoms with Crippen molar-refractivity contribution in [3.8, 4) is 5.75 Å². The van der Waals surface area contributed by atoms with E-state index in [0.717, 1.165) is 51.1 Å². The van der Waals surface area contributed by atoms with Gasteiger partial charge in [-0.1, -0.05) is 12.1 Å². The molecule has 1 amide bonds. The Morgan fingerprint density at radius 2 is 1.78 bits per heavy atom. The number of aromatic carboxylic acids is 1. The second-order valence-corrected chi connectivity index (χ2v) is 11.6. The fraction of sp³-hybridized carbons (Fsp3) is 0.517. The average molecular weight is 491 g/mol. The van der Waals surface area contributed by atoms with E-state index in [9.17, 15) is 9.59 Å².